The Labute approximate surface area is 128 Å². The monoisotopic (exact) mass is 310 g/mol. The minimum Gasteiger partial charge on any atom is -0.479 e. The molecule has 1 aromatic heterocycles. The van der Waals surface area contributed by atoms with Gasteiger partial charge in [0, 0.05) is 11.4 Å². The van der Waals surface area contributed by atoms with Crippen molar-refractivity contribution in [1.29, 1.82) is 0 Å². The molecule has 1 atom stereocenters. The summed E-state index contributed by atoms with van der Waals surface area (Å²) in [6.45, 7) is 2.44. The number of hydrogen-bond donors (Lipinski definition) is 3. The topological polar surface area (TPSA) is 92.4 Å². The molecule has 1 aliphatic carbocycles. The first-order valence-electron chi connectivity index (χ1n) is 7.26. The van der Waals surface area contributed by atoms with E-state index in [1.807, 2.05) is 0 Å². The average molecular weight is 310 g/mol. The second-order valence-electron chi connectivity index (χ2n) is 5.93. The highest BCUT2D eigenvalue weighted by atomic mass is 32.1. The Morgan fingerprint density at radius 3 is 2.67 bits per heavy atom. The Morgan fingerprint density at radius 2 is 2.19 bits per heavy atom. The molecule has 1 saturated carbocycles. The van der Waals surface area contributed by atoms with Crippen LogP contribution < -0.4 is 11.1 Å². The third-order valence-corrected chi connectivity index (χ3v) is 5.39. The molecule has 4 N–H and O–H groups in total. The van der Waals surface area contributed by atoms with Gasteiger partial charge in [-0.2, -0.15) is 0 Å². The SMILES string of the molecule is CC1CCC(CN)(C(=O)NC(C(=O)O)c2cccs2)CC1. The van der Waals surface area contributed by atoms with Crippen LogP contribution in [0.5, 0.6) is 0 Å². The number of thiophene rings is 1. The lowest BCUT2D eigenvalue weighted by Gasteiger charge is -2.37. The third-order valence-electron chi connectivity index (χ3n) is 4.45. The van der Waals surface area contributed by atoms with Gasteiger partial charge >= 0.3 is 5.97 Å². The Kier molecular flexibility index (Phi) is 5.00. The van der Waals surface area contributed by atoms with E-state index in [1.54, 1.807) is 17.5 Å². The van der Waals surface area contributed by atoms with Crippen LogP contribution in [-0.2, 0) is 9.59 Å². The fourth-order valence-electron chi connectivity index (χ4n) is 2.83. The Balaban J connectivity index is 2.12. The van der Waals surface area contributed by atoms with Crippen LogP contribution in [0.4, 0.5) is 0 Å². The lowest BCUT2D eigenvalue weighted by atomic mass is 9.70. The highest BCUT2D eigenvalue weighted by Gasteiger charge is 2.41. The molecule has 0 bridgehead atoms. The van der Waals surface area contributed by atoms with Gasteiger partial charge in [-0.15, -0.1) is 11.3 Å². The van der Waals surface area contributed by atoms with E-state index in [2.05, 4.69) is 12.2 Å². The van der Waals surface area contributed by atoms with Crippen molar-refractivity contribution < 1.29 is 14.7 Å². The number of nitrogens with one attached hydrogen (secondary N) is 1. The van der Waals surface area contributed by atoms with Crippen molar-refractivity contribution in [1.82, 2.24) is 5.32 Å². The van der Waals surface area contributed by atoms with Crippen LogP contribution in [0.25, 0.3) is 0 Å². The molecule has 1 aromatic rings. The largest absolute Gasteiger partial charge is 0.479 e. The number of nitrogens with two attached hydrogens (primary N) is 1. The molecule has 0 spiro atoms. The van der Waals surface area contributed by atoms with E-state index in [4.69, 9.17) is 5.73 Å². The van der Waals surface area contributed by atoms with Gasteiger partial charge in [0.15, 0.2) is 6.04 Å². The molecule has 116 valence electrons. The van der Waals surface area contributed by atoms with Crippen LogP contribution >= 0.6 is 11.3 Å². The molecule has 1 fully saturated rings. The molecular weight excluding hydrogens is 288 g/mol. The van der Waals surface area contributed by atoms with Crippen LogP contribution in [0.3, 0.4) is 0 Å². The maximum atomic E-state index is 12.6. The van der Waals surface area contributed by atoms with E-state index in [-0.39, 0.29) is 12.5 Å². The molecule has 1 aliphatic rings. The molecule has 1 heterocycles. The summed E-state index contributed by atoms with van der Waals surface area (Å²) >= 11 is 1.33. The van der Waals surface area contributed by atoms with E-state index in [1.165, 1.54) is 11.3 Å². The average Bonchev–Trinajstić information content (AvgIpc) is 2.99. The van der Waals surface area contributed by atoms with Crippen LogP contribution in [0.15, 0.2) is 17.5 Å². The molecule has 0 aromatic carbocycles. The van der Waals surface area contributed by atoms with Gasteiger partial charge < -0.3 is 16.2 Å². The molecular formula is C15H22N2O3S. The standard InChI is InChI=1S/C15H22N2O3S/c1-10-4-6-15(9-16,7-5-10)14(20)17-12(13(18)19)11-3-2-8-21-11/h2-3,8,10,12H,4-7,9,16H2,1H3,(H,17,20)(H,18,19). The van der Waals surface area contributed by atoms with Gasteiger partial charge in [0.25, 0.3) is 0 Å². The Hall–Kier alpha value is -1.40. The van der Waals surface area contributed by atoms with E-state index >= 15 is 0 Å². The second kappa shape index (κ2) is 6.58. The summed E-state index contributed by atoms with van der Waals surface area (Å²) in [4.78, 5) is 24.7. The number of rotatable bonds is 5. The number of carboxylic acids is 1. The van der Waals surface area contributed by atoms with E-state index in [0.717, 1.165) is 25.7 Å². The number of hydrogen-bond acceptors (Lipinski definition) is 4. The van der Waals surface area contributed by atoms with E-state index in [0.29, 0.717) is 10.8 Å². The molecule has 6 heteroatoms. The highest BCUT2D eigenvalue weighted by Crippen LogP contribution is 2.39. The summed E-state index contributed by atoms with van der Waals surface area (Å²) < 4.78 is 0. The number of amides is 1. The number of carbonyl (C=O) groups is 2. The normalized spacial score (nSPS) is 27.0. The minimum atomic E-state index is -1.04. The van der Waals surface area contributed by atoms with Crippen molar-refractivity contribution in [2.24, 2.45) is 17.1 Å². The first kappa shape index (κ1) is 16.0. The summed E-state index contributed by atoms with van der Waals surface area (Å²) in [5, 5.41) is 13.8. The van der Waals surface area contributed by atoms with Crippen LogP contribution in [0.2, 0.25) is 0 Å². The molecule has 0 radical (unpaired) electrons. The van der Waals surface area contributed by atoms with Crippen molar-refractivity contribution in [2.45, 2.75) is 38.6 Å². The van der Waals surface area contributed by atoms with Gasteiger partial charge in [-0.25, -0.2) is 4.79 Å². The van der Waals surface area contributed by atoms with Crippen LogP contribution in [0, 0.1) is 11.3 Å². The molecule has 2 rings (SSSR count). The Bertz CT molecular complexity index is 493. The summed E-state index contributed by atoms with van der Waals surface area (Å²) in [6.07, 6.45) is 3.38. The van der Waals surface area contributed by atoms with E-state index in [9.17, 15) is 14.7 Å². The lowest BCUT2D eigenvalue weighted by Crippen LogP contribution is -2.49. The number of carboxylic acid groups (broad SMARTS) is 1. The smallest absolute Gasteiger partial charge is 0.331 e. The maximum Gasteiger partial charge on any atom is 0.331 e. The zero-order valence-corrected chi connectivity index (χ0v) is 13.0. The first-order chi connectivity index (χ1) is 9.98. The zero-order valence-electron chi connectivity index (χ0n) is 12.2. The minimum absolute atomic E-state index is 0.224. The van der Waals surface area contributed by atoms with E-state index < -0.39 is 17.4 Å². The van der Waals surface area contributed by atoms with Gasteiger partial charge in [0.05, 0.1) is 5.41 Å². The predicted molar refractivity (Wildman–Crippen MR) is 82.0 cm³/mol. The van der Waals surface area contributed by atoms with Crippen molar-refractivity contribution in [3.8, 4) is 0 Å². The molecule has 1 amide bonds. The zero-order chi connectivity index (χ0) is 15.5. The summed E-state index contributed by atoms with van der Waals surface area (Å²) in [6, 6.07) is 2.52. The molecule has 1 unspecified atom stereocenters. The van der Waals surface area contributed by atoms with Crippen molar-refractivity contribution in [3.05, 3.63) is 22.4 Å². The fraction of sp³-hybridized carbons (Fsp3) is 0.600. The van der Waals surface area contributed by atoms with Crippen molar-refractivity contribution in [3.63, 3.8) is 0 Å². The van der Waals surface area contributed by atoms with Crippen molar-refractivity contribution in [2.75, 3.05) is 6.54 Å². The summed E-state index contributed by atoms with van der Waals surface area (Å²) in [5.74, 6) is -0.662. The molecule has 5 nitrogen and oxygen atoms in total. The maximum absolute atomic E-state index is 12.6. The quantitative estimate of drug-likeness (QED) is 0.777. The predicted octanol–water partition coefficient (Wildman–Crippen LogP) is 2.15. The second-order valence-corrected chi connectivity index (χ2v) is 6.91. The van der Waals surface area contributed by atoms with Crippen LogP contribution in [-0.4, -0.2) is 23.5 Å². The fourth-order valence-corrected chi connectivity index (χ4v) is 3.60. The van der Waals surface area contributed by atoms with Gasteiger partial charge in [0.2, 0.25) is 5.91 Å². The van der Waals surface area contributed by atoms with Crippen molar-refractivity contribution >= 4 is 23.2 Å². The lowest BCUT2D eigenvalue weighted by molar-refractivity contribution is -0.144. The molecule has 0 aliphatic heterocycles. The molecule has 0 saturated heterocycles. The van der Waals surface area contributed by atoms with Gasteiger partial charge in [0.1, 0.15) is 0 Å². The Morgan fingerprint density at radius 1 is 1.52 bits per heavy atom. The summed E-state index contributed by atoms with van der Waals surface area (Å²) in [5.41, 5.74) is 5.24. The first-order valence-corrected chi connectivity index (χ1v) is 8.14. The number of carbonyl (C=O) groups excluding carboxylic acids is 1. The number of aliphatic carboxylic acids is 1. The highest BCUT2D eigenvalue weighted by molar-refractivity contribution is 7.10. The van der Waals surface area contributed by atoms with Gasteiger partial charge in [-0.3, -0.25) is 4.79 Å². The van der Waals surface area contributed by atoms with Crippen LogP contribution in [0.1, 0.15) is 43.5 Å². The van der Waals surface area contributed by atoms with Gasteiger partial charge in [-0.05, 0) is 43.0 Å². The third kappa shape index (κ3) is 3.44. The van der Waals surface area contributed by atoms with Gasteiger partial charge in [-0.1, -0.05) is 13.0 Å². The molecule has 21 heavy (non-hydrogen) atoms. The summed E-state index contributed by atoms with van der Waals surface area (Å²) in [7, 11) is 0.